The zero-order valence-electron chi connectivity index (χ0n) is 18.9. The molecule has 0 aliphatic rings. The standard InChI is InChI=1S/C20H20NO.C7H8O3S/c1-3-22-19-14-9-16(10-15-19)8-12-18-13-11-17-6-4-5-7-20(17)21(18)2;1-6-2-4-7(5-3-6)11(8,9)10/h4-15H,3H2,1-2H3;2-5H,1H3,(H,8,9,10)/q+1;/p-1/b12-8+;. The van der Waals surface area contributed by atoms with Gasteiger partial charge in [0, 0.05) is 23.6 Å². The third-order valence-corrected chi connectivity index (χ3v) is 5.92. The highest BCUT2D eigenvalue weighted by Crippen LogP contribution is 2.15. The van der Waals surface area contributed by atoms with E-state index in [1.54, 1.807) is 12.1 Å². The number of para-hydroxylation sites is 1. The Morgan fingerprint density at radius 2 is 1.55 bits per heavy atom. The van der Waals surface area contributed by atoms with E-state index >= 15 is 0 Å². The molecule has 5 nitrogen and oxygen atoms in total. The Labute approximate surface area is 195 Å². The largest absolute Gasteiger partial charge is 0.744 e. The average molecular weight is 462 g/mol. The first-order chi connectivity index (χ1) is 15.8. The van der Waals surface area contributed by atoms with Gasteiger partial charge in [0.25, 0.3) is 0 Å². The molecule has 0 N–H and O–H groups in total. The molecular weight excluding hydrogens is 434 g/mol. The molecule has 0 radical (unpaired) electrons. The number of pyridine rings is 1. The van der Waals surface area contributed by atoms with Crippen molar-refractivity contribution < 1.29 is 22.3 Å². The molecule has 0 aliphatic heterocycles. The van der Waals surface area contributed by atoms with Crippen molar-refractivity contribution in [2.45, 2.75) is 18.7 Å². The number of hydrogen-bond donors (Lipinski definition) is 0. The van der Waals surface area contributed by atoms with Gasteiger partial charge in [0.05, 0.1) is 11.5 Å². The second-order valence-electron chi connectivity index (χ2n) is 7.48. The van der Waals surface area contributed by atoms with Crippen LogP contribution in [0.4, 0.5) is 0 Å². The molecule has 0 saturated heterocycles. The second kappa shape index (κ2) is 10.9. The fraction of sp³-hybridized carbons (Fsp3) is 0.148. The van der Waals surface area contributed by atoms with Crippen LogP contribution in [0.1, 0.15) is 23.7 Å². The molecule has 1 aromatic heterocycles. The number of aromatic nitrogens is 1. The third-order valence-electron chi connectivity index (χ3n) is 5.07. The van der Waals surface area contributed by atoms with Crippen LogP contribution in [0.25, 0.3) is 23.1 Å². The van der Waals surface area contributed by atoms with E-state index in [1.165, 1.54) is 28.7 Å². The first-order valence-corrected chi connectivity index (χ1v) is 12.0. The van der Waals surface area contributed by atoms with Crippen molar-refractivity contribution in [3.05, 3.63) is 102 Å². The maximum atomic E-state index is 10.4. The van der Waals surface area contributed by atoms with Gasteiger partial charge in [0.15, 0.2) is 0 Å². The molecular formula is C27H27NO4S. The molecule has 0 bridgehead atoms. The van der Waals surface area contributed by atoms with Gasteiger partial charge in [-0.3, -0.25) is 0 Å². The van der Waals surface area contributed by atoms with E-state index in [2.05, 4.69) is 72.3 Å². The van der Waals surface area contributed by atoms with Crippen LogP contribution >= 0.6 is 0 Å². The normalized spacial score (nSPS) is 11.3. The predicted octanol–water partition coefficient (Wildman–Crippen LogP) is 5.13. The second-order valence-corrected chi connectivity index (χ2v) is 8.86. The first kappa shape index (κ1) is 24.2. The number of benzene rings is 3. The molecule has 170 valence electrons. The Morgan fingerprint density at radius 1 is 0.879 bits per heavy atom. The van der Waals surface area contributed by atoms with E-state index in [4.69, 9.17) is 4.74 Å². The van der Waals surface area contributed by atoms with Crippen molar-refractivity contribution in [2.24, 2.45) is 7.05 Å². The van der Waals surface area contributed by atoms with Crippen molar-refractivity contribution >= 4 is 33.2 Å². The van der Waals surface area contributed by atoms with Crippen molar-refractivity contribution in [1.29, 1.82) is 0 Å². The van der Waals surface area contributed by atoms with Crippen LogP contribution in [0.15, 0.2) is 89.8 Å². The summed E-state index contributed by atoms with van der Waals surface area (Å²) in [4.78, 5) is -0.178. The topological polar surface area (TPSA) is 70.3 Å². The van der Waals surface area contributed by atoms with E-state index in [0.717, 1.165) is 16.9 Å². The smallest absolute Gasteiger partial charge is 0.212 e. The highest BCUT2D eigenvalue weighted by Gasteiger charge is 2.08. The summed E-state index contributed by atoms with van der Waals surface area (Å²) in [5, 5.41) is 1.25. The van der Waals surface area contributed by atoms with Gasteiger partial charge < -0.3 is 9.29 Å². The van der Waals surface area contributed by atoms with Crippen molar-refractivity contribution in [3.63, 3.8) is 0 Å². The van der Waals surface area contributed by atoms with Crippen LogP contribution < -0.4 is 9.30 Å². The Kier molecular flexibility index (Phi) is 7.98. The van der Waals surface area contributed by atoms with Gasteiger partial charge in [-0.05, 0) is 61.9 Å². The quantitative estimate of drug-likeness (QED) is 0.305. The lowest BCUT2D eigenvalue weighted by atomic mass is 10.1. The molecule has 3 aromatic carbocycles. The van der Waals surface area contributed by atoms with Gasteiger partial charge in [-0.1, -0.05) is 42.0 Å². The highest BCUT2D eigenvalue weighted by atomic mass is 32.2. The molecule has 1 heterocycles. The van der Waals surface area contributed by atoms with Crippen LogP contribution in [-0.2, 0) is 17.2 Å². The summed E-state index contributed by atoms with van der Waals surface area (Å²) in [6.45, 7) is 4.51. The molecule has 0 atom stereocenters. The molecule has 0 aliphatic carbocycles. The van der Waals surface area contributed by atoms with Crippen LogP contribution in [0, 0.1) is 6.92 Å². The summed E-state index contributed by atoms with van der Waals surface area (Å²) in [5.41, 5.74) is 4.50. The molecule has 4 rings (SSSR count). The SMILES string of the molecule is CCOc1ccc(/C=C/c2ccc3ccccc3[n+]2C)cc1.Cc1ccc(S(=O)(=O)[O-])cc1. The lowest BCUT2D eigenvalue weighted by Gasteiger charge is -2.05. The number of fused-ring (bicyclic) bond motifs is 1. The Bertz CT molecular complexity index is 1340. The van der Waals surface area contributed by atoms with Gasteiger partial charge in [-0.2, -0.15) is 4.57 Å². The summed E-state index contributed by atoms with van der Waals surface area (Å²) in [6.07, 6.45) is 4.27. The van der Waals surface area contributed by atoms with Crippen LogP contribution in [-0.4, -0.2) is 19.6 Å². The minimum atomic E-state index is -4.27. The van der Waals surface area contributed by atoms with Gasteiger partial charge in [-0.15, -0.1) is 0 Å². The zero-order valence-corrected chi connectivity index (χ0v) is 19.7. The molecule has 4 aromatic rings. The average Bonchev–Trinajstić information content (AvgIpc) is 2.80. The van der Waals surface area contributed by atoms with E-state index in [-0.39, 0.29) is 4.90 Å². The summed E-state index contributed by atoms with van der Waals surface area (Å²) in [6, 6.07) is 26.7. The minimum Gasteiger partial charge on any atom is -0.744 e. The van der Waals surface area contributed by atoms with E-state index in [0.29, 0.717) is 6.61 Å². The fourth-order valence-corrected chi connectivity index (χ4v) is 3.73. The summed E-state index contributed by atoms with van der Waals surface area (Å²) in [7, 11) is -2.17. The van der Waals surface area contributed by atoms with Crippen molar-refractivity contribution in [2.75, 3.05) is 6.61 Å². The number of hydrogen-bond acceptors (Lipinski definition) is 4. The molecule has 0 unspecified atom stereocenters. The number of nitrogens with zero attached hydrogens (tertiary/aromatic N) is 1. The van der Waals surface area contributed by atoms with Crippen LogP contribution in [0.2, 0.25) is 0 Å². The van der Waals surface area contributed by atoms with Gasteiger partial charge in [0.1, 0.15) is 22.9 Å². The Balaban J connectivity index is 0.000000235. The zero-order chi connectivity index (χ0) is 23.8. The van der Waals surface area contributed by atoms with Crippen LogP contribution in [0.5, 0.6) is 5.75 Å². The Morgan fingerprint density at radius 3 is 2.18 bits per heavy atom. The number of rotatable bonds is 5. The van der Waals surface area contributed by atoms with Gasteiger partial charge in [0.2, 0.25) is 11.2 Å². The molecule has 0 amide bonds. The van der Waals surface area contributed by atoms with Crippen LogP contribution in [0.3, 0.4) is 0 Å². The molecule has 0 spiro atoms. The van der Waals surface area contributed by atoms with E-state index in [1.807, 2.05) is 26.0 Å². The van der Waals surface area contributed by atoms with Gasteiger partial charge in [-0.25, -0.2) is 8.42 Å². The summed E-state index contributed by atoms with van der Waals surface area (Å²) >= 11 is 0. The minimum absolute atomic E-state index is 0.178. The summed E-state index contributed by atoms with van der Waals surface area (Å²) < 4.78 is 38.8. The molecule has 6 heteroatoms. The predicted molar refractivity (Wildman–Crippen MR) is 131 cm³/mol. The highest BCUT2D eigenvalue weighted by molar-refractivity contribution is 7.85. The fourth-order valence-electron chi connectivity index (χ4n) is 3.26. The summed E-state index contributed by atoms with van der Waals surface area (Å²) in [5.74, 6) is 0.913. The van der Waals surface area contributed by atoms with Crippen molar-refractivity contribution in [3.8, 4) is 5.75 Å². The lowest BCUT2D eigenvalue weighted by Crippen LogP contribution is -2.32. The lowest BCUT2D eigenvalue weighted by molar-refractivity contribution is -0.646. The maximum absolute atomic E-state index is 10.4. The third kappa shape index (κ3) is 6.75. The number of aryl methyl sites for hydroxylation is 2. The molecule has 33 heavy (non-hydrogen) atoms. The monoisotopic (exact) mass is 461 g/mol. The maximum Gasteiger partial charge on any atom is 0.212 e. The van der Waals surface area contributed by atoms with E-state index in [9.17, 15) is 13.0 Å². The van der Waals surface area contributed by atoms with E-state index < -0.39 is 10.1 Å². The molecule has 0 saturated carbocycles. The van der Waals surface area contributed by atoms with Crippen molar-refractivity contribution in [1.82, 2.24) is 0 Å². The first-order valence-electron chi connectivity index (χ1n) is 10.6. The Hall–Kier alpha value is -3.48. The number of ether oxygens (including phenoxy) is 1. The van der Waals surface area contributed by atoms with Gasteiger partial charge >= 0.3 is 0 Å². The molecule has 0 fully saturated rings.